The predicted molar refractivity (Wildman–Crippen MR) is 48.6 cm³/mol. The first kappa shape index (κ1) is 8.17. The second-order valence-electron chi connectivity index (χ2n) is 3.32. The zero-order valence-corrected chi connectivity index (χ0v) is 7.19. The van der Waals surface area contributed by atoms with Crippen molar-refractivity contribution in [2.75, 3.05) is 0 Å². The van der Waals surface area contributed by atoms with Crippen LogP contribution in [0.25, 0.3) is 0 Å². The van der Waals surface area contributed by atoms with E-state index in [9.17, 15) is 9.59 Å². The van der Waals surface area contributed by atoms with Gasteiger partial charge in [-0.1, -0.05) is 24.3 Å². The Morgan fingerprint density at radius 2 is 2.15 bits per heavy atom. The van der Waals surface area contributed by atoms with Crippen molar-refractivity contribution in [3.8, 4) is 0 Å². The molecule has 0 amide bonds. The molecule has 0 radical (unpaired) electrons. The Bertz CT molecular complexity index is 355. The van der Waals surface area contributed by atoms with Crippen molar-refractivity contribution < 1.29 is 9.59 Å². The van der Waals surface area contributed by atoms with Crippen LogP contribution in [0.3, 0.4) is 0 Å². The maximum Gasteiger partial charge on any atom is 0.166 e. The molecule has 0 saturated carbocycles. The molecule has 0 N–H and O–H groups in total. The van der Waals surface area contributed by atoms with E-state index in [0.717, 1.165) is 23.8 Å². The minimum atomic E-state index is -0.102. The van der Waals surface area contributed by atoms with Crippen LogP contribution in [0.2, 0.25) is 0 Å². The SMILES string of the molecule is O=CCC1Cc2ccccc2C1=O. The average molecular weight is 174 g/mol. The predicted octanol–water partition coefficient (Wildman–Crippen LogP) is 1.63. The van der Waals surface area contributed by atoms with E-state index in [1.165, 1.54) is 0 Å². The normalized spacial score (nSPS) is 20.0. The zero-order valence-electron chi connectivity index (χ0n) is 7.19. The van der Waals surface area contributed by atoms with E-state index in [2.05, 4.69) is 0 Å². The summed E-state index contributed by atoms with van der Waals surface area (Å²) in [4.78, 5) is 21.9. The van der Waals surface area contributed by atoms with Gasteiger partial charge in [0.2, 0.25) is 0 Å². The van der Waals surface area contributed by atoms with Crippen molar-refractivity contribution in [1.82, 2.24) is 0 Å². The first-order valence-electron chi connectivity index (χ1n) is 4.38. The van der Waals surface area contributed by atoms with Crippen LogP contribution < -0.4 is 0 Å². The van der Waals surface area contributed by atoms with Gasteiger partial charge in [-0.15, -0.1) is 0 Å². The maximum atomic E-state index is 11.6. The molecule has 0 heterocycles. The maximum absolute atomic E-state index is 11.6. The second kappa shape index (κ2) is 3.13. The molecule has 1 aromatic rings. The molecule has 0 fully saturated rings. The molecule has 2 heteroatoms. The molecule has 1 atom stereocenters. The van der Waals surface area contributed by atoms with Crippen molar-refractivity contribution in [2.24, 2.45) is 5.92 Å². The number of carbonyl (C=O) groups excluding carboxylic acids is 2. The molecule has 2 nitrogen and oxygen atoms in total. The molecule has 0 aliphatic heterocycles. The van der Waals surface area contributed by atoms with Crippen molar-refractivity contribution in [3.05, 3.63) is 35.4 Å². The molecular formula is C11H10O2. The molecule has 1 aromatic carbocycles. The Morgan fingerprint density at radius 3 is 2.85 bits per heavy atom. The minimum absolute atomic E-state index is 0.102. The Balaban J connectivity index is 2.32. The van der Waals surface area contributed by atoms with Crippen molar-refractivity contribution in [3.63, 3.8) is 0 Å². The van der Waals surface area contributed by atoms with E-state index >= 15 is 0 Å². The summed E-state index contributed by atoms with van der Waals surface area (Å²) in [7, 11) is 0. The van der Waals surface area contributed by atoms with Crippen LogP contribution >= 0.6 is 0 Å². The number of hydrogen-bond acceptors (Lipinski definition) is 2. The summed E-state index contributed by atoms with van der Waals surface area (Å²) in [6.07, 6.45) is 1.91. The van der Waals surface area contributed by atoms with Crippen LogP contribution in [-0.2, 0) is 11.2 Å². The number of ketones is 1. The van der Waals surface area contributed by atoms with Gasteiger partial charge in [-0.25, -0.2) is 0 Å². The number of carbonyl (C=O) groups is 2. The van der Waals surface area contributed by atoms with E-state index in [0.29, 0.717) is 6.42 Å². The minimum Gasteiger partial charge on any atom is -0.303 e. The highest BCUT2D eigenvalue weighted by molar-refractivity contribution is 6.02. The number of fused-ring (bicyclic) bond motifs is 1. The zero-order chi connectivity index (χ0) is 9.26. The Labute approximate surface area is 76.6 Å². The molecule has 2 rings (SSSR count). The van der Waals surface area contributed by atoms with Gasteiger partial charge >= 0.3 is 0 Å². The molecule has 0 aromatic heterocycles. The summed E-state index contributed by atoms with van der Waals surface area (Å²) in [6, 6.07) is 7.58. The van der Waals surface area contributed by atoms with Gasteiger partial charge in [0.1, 0.15) is 6.29 Å². The smallest absolute Gasteiger partial charge is 0.166 e. The van der Waals surface area contributed by atoms with Gasteiger partial charge in [0.05, 0.1) is 0 Å². The molecule has 0 saturated heterocycles. The molecule has 1 unspecified atom stereocenters. The van der Waals surface area contributed by atoms with E-state index in [4.69, 9.17) is 0 Å². The number of rotatable bonds is 2. The monoisotopic (exact) mass is 174 g/mol. The molecular weight excluding hydrogens is 164 g/mol. The van der Waals surface area contributed by atoms with Crippen LogP contribution in [0.15, 0.2) is 24.3 Å². The summed E-state index contributed by atoms with van der Waals surface area (Å²) in [5.74, 6) is 0.0256. The summed E-state index contributed by atoms with van der Waals surface area (Å²) in [5, 5.41) is 0. The second-order valence-corrected chi connectivity index (χ2v) is 3.32. The fraction of sp³-hybridized carbons (Fsp3) is 0.273. The Hall–Kier alpha value is -1.44. The van der Waals surface area contributed by atoms with Crippen LogP contribution in [0.4, 0.5) is 0 Å². The molecule has 66 valence electrons. The Kier molecular flexibility index (Phi) is 1.97. The van der Waals surface area contributed by atoms with Crippen molar-refractivity contribution in [2.45, 2.75) is 12.8 Å². The lowest BCUT2D eigenvalue weighted by molar-refractivity contribution is -0.108. The lowest BCUT2D eigenvalue weighted by Crippen LogP contribution is -2.08. The Morgan fingerprint density at radius 1 is 1.38 bits per heavy atom. The van der Waals surface area contributed by atoms with Gasteiger partial charge in [-0.05, 0) is 12.0 Å². The highest BCUT2D eigenvalue weighted by Crippen LogP contribution is 2.27. The van der Waals surface area contributed by atoms with Gasteiger partial charge in [0.15, 0.2) is 5.78 Å². The van der Waals surface area contributed by atoms with Crippen molar-refractivity contribution >= 4 is 12.1 Å². The summed E-state index contributed by atoms with van der Waals surface area (Å²) in [6.45, 7) is 0. The molecule has 0 spiro atoms. The highest BCUT2D eigenvalue weighted by atomic mass is 16.1. The van der Waals surface area contributed by atoms with Crippen molar-refractivity contribution in [1.29, 1.82) is 0 Å². The lowest BCUT2D eigenvalue weighted by Gasteiger charge is -1.99. The van der Waals surface area contributed by atoms with Crippen LogP contribution in [0.5, 0.6) is 0 Å². The van der Waals surface area contributed by atoms with E-state index < -0.39 is 0 Å². The van der Waals surface area contributed by atoms with E-state index in [1.807, 2.05) is 24.3 Å². The average Bonchev–Trinajstić information content (AvgIpc) is 2.46. The number of Topliss-reactive ketones (excluding diaryl/α,β-unsaturated/α-hetero) is 1. The number of hydrogen-bond donors (Lipinski definition) is 0. The largest absolute Gasteiger partial charge is 0.303 e. The number of benzene rings is 1. The van der Waals surface area contributed by atoms with Gasteiger partial charge in [0.25, 0.3) is 0 Å². The summed E-state index contributed by atoms with van der Waals surface area (Å²) >= 11 is 0. The summed E-state index contributed by atoms with van der Waals surface area (Å²) in [5.41, 5.74) is 1.88. The topological polar surface area (TPSA) is 34.1 Å². The van der Waals surface area contributed by atoms with Crippen LogP contribution in [-0.4, -0.2) is 12.1 Å². The lowest BCUT2D eigenvalue weighted by atomic mass is 10.0. The third-order valence-electron chi connectivity index (χ3n) is 2.50. The molecule has 1 aliphatic carbocycles. The third kappa shape index (κ3) is 1.28. The van der Waals surface area contributed by atoms with E-state index in [-0.39, 0.29) is 11.7 Å². The molecule has 1 aliphatic rings. The van der Waals surface area contributed by atoms with Crippen LogP contribution in [0, 0.1) is 5.92 Å². The summed E-state index contributed by atoms with van der Waals surface area (Å²) < 4.78 is 0. The quantitative estimate of drug-likeness (QED) is 0.638. The van der Waals surface area contributed by atoms with Crippen LogP contribution in [0.1, 0.15) is 22.3 Å². The highest BCUT2D eigenvalue weighted by Gasteiger charge is 2.29. The molecule has 0 bridgehead atoms. The third-order valence-corrected chi connectivity index (χ3v) is 2.50. The van der Waals surface area contributed by atoms with Gasteiger partial charge in [0, 0.05) is 17.9 Å². The van der Waals surface area contributed by atoms with E-state index in [1.54, 1.807) is 0 Å². The first-order valence-corrected chi connectivity index (χ1v) is 4.38. The fourth-order valence-electron chi connectivity index (χ4n) is 1.82. The van der Waals surface area contributed by atoms with Gasteiger partial charge in [-0.2, -0.15) is 0 Å². The number of aldehydes is 1. The fourth-order valence-corrected chi connectivity index (χ4v) is 1.82. The standard InChI is InChI=1S/C11H10O2/c12-6-5-9-7-8-3-1-2-4-10(8)11(9)13/h1-4,6,9H,5,7H2. The first-order chi connectivity index (χ1) is 6.33. The van der Waals surface area contributed by atoms with Gasteiger partial charge in [-0.3, -0.25) is 4.79 Å². The molecule has 13 heavy (non-hydrogen) atoms. The van der Waals surface area contributed by atoms with Gasteiger partial charge < -0.3 is 4.79 Å².